The summed E-state index contributed by atoms with van der Waals surface area (Å²) in [5.41, 5.74) is 0. The predicted molar refractivity (Wildman–Crippen MR) is 75.1 cm³/mol. The summed E-state index contributed by atoms with van der Waals surface area (Å²) in [5.74, 6) is 1.94. The van der Waals surface area contributed by atoms with Crippen LogP contribution in [0.25, 0.3) is 0 Å². The number of halogens is 1. The fourth-order valence-corrected chi connectivity index (χ4v) is 3.04. The number of aromatic nitrogens is 2. The molecule has 1 atom stereocenters. The average Bonchev–Trinajstić information content (AvgIpc) is 2.96. The minimum Gasteiger partial charge on any atom is -0.339 e. The molecular formula is C14H16FN3OS. The van der Waals surface area contributed by atoms with Gasteiger partial charge in [0.25, 0.3) is 0 Å². The van der Waals surface area contributed by atoms with Crippen LogP contribution in [0.3, 0.4) is 0 Å². The first-order valence-corrected chi connectivity index (χ1v) is 7.72. The van der Waals surface area contributed by atoms with Crippen LogP contribution in [0.1, 0.15) is 30.5 Å². The first-order valence-electron chi connectivity index (χ1n) is 6.73. The first kappa shape index (κ1) is 13.6. The predicted octanol–water partition coefficient (Wildman–Crippen LogP) is 2.97. The van der Waals surface area contributed by atoms with Crippen molar-refractivity contribution < 1.29 is 8.91 Å². The summed E-state index contributed by atoms with van der Waals surface area (Å²) < 4.78 is 18.8. The molecule has 4 nitrogen and oxygen atoms in total. The second-order valence-electron chi connectivity index (χ2n) is 4.81. The third-order valence-electron chi connectivity index (χ3n) is 3.32. The van der Waals surface area contributed by atoms with Gasteiger partial charge in [-0.25, -0.2) is 4.39 Å². The van der Waals surface area contributed by atoms with Gasteiger partial charge in [0.15, 0.2) is 5.82 Å². The van der Waals surface area contributed by atoms with E-state index in [0.717, 1.165) is 25.9 Å². The van der Waals surface area contributed by atoms with Gasteiger partial charge >= 0.3 is 0 Å². The highest BCUT2D eigenvalue weighted by molar-refractivity contribution is 7.98. The van der Waals surface area contributed by atoms with Gasteiger partial charge in [-0.2, -0.15) is 4.98 Å². The molecule has 106 valence electrons. The fourth-order valence-electron chi connectivity index (χ4n) is 2.26. The molecule has 1 aromatic heterocycles. The Morgan fingerprint density at radius 1 is 1.40 bits per heavy atom. The maximum Gasteiger partial charge on any atom is 0.231 e. The lowest BCUT2D eigenvalue weighted by Crippen LogP contribution is -2.28. The average molecular weight is 293 g/mol. The molecule has 1 aliphatic heterocycles. The van der Waals surface area contributed by atoms with Gasteiger partial charge in [0.05, 0.1) is 11.7 Å². The van der Waals surface area contributed by atoms with Crippen LogP contribution in [0.15, 0.2) is 33.7 Å². The Morgan fingerprint density at radius 2 is 2.30 bits per heavy atom. The number of rotatable bonds is 4. The van der Waals surface area contributed by atoms with Crippen molar-refractivity contribution in [3.05, 3.63) is 41.8 Å². The third kappa shape index (κ3) is 3.19. The van der Waals surface area contributed by atoms with E-state index in [4.69, 9.17) is 4.52 Å². The van der Waals surface area contributed by atoms with Gasteiger partial charge in [0.2, 0.25) is 5.89 Å². The summed E-state index contributed by atoms with van der Waals surface area (Å²) in [6.07, 6.45) is 2.21. The molecule has 6 heteroatoms. The van der Waals surface area contributed by atoms with E-state index >= 15 is 0 Å². The summed E-state index contributed by atoms with van der Waals surface area (Å²) in [5, 5.41) is 7.30. The zero-order valence-corrected chi connectivity index (χ0v) is 11.8. The molecule has 1 saturated heterocycles. The molecule has 1 aliphatic rings. The fraction of sp³-hybridized carbons (Fsp3) is 0.429. The van der Waals surface area contributed by atoms with Crippen LogP contribution < -0.4 is 5.32 Å². The lowest BCUT2D eigenvalue weighted by Gasteiger charge is -2.18. The molecule has 20 heavy (non-hydrogen) atoms. The summed E-state index contributed by atoms with van der Waals surface area (Å²) in [6, 6.07) is 6.71. The minimum atomic E-state index is -0.210. The van der Waals surface area contributed by atoms with Crippen molar-refractivity contribution >= 4 is 11.8 Å². The van der Waals surface area contributed by atoms with Crippen molar-refractivity contribution in [3.8, 4) is 0 Å². The van der Waals surface area contributed by atoms with E-state index in [1.54, 1.807) is 12.1 Å². The molecule has 1 aromatic carbocycles. The van der Waals surface area contributed by atoms with E-state index < -0.39 is 0 Å². The molecule has 0 saturated carbocycles. The van der Waals surface area contributed by atoms with E-state index in [1.807, 2.05) is 6.07 Å². The van der Waals surface area contributed by atoms with Crippen LogP contribution in [-0.4, -0.2) is 23.2 Å². The SMILES string of the molecule is Fc1ccccc1SCc1noc([C@@H]2CCCNC2)n1. The highest BCUT2D eigenvalue weighted by Crippen LogP contribution is 2.26. The Hall–Kier alpha value is -1.40. The Balaban J connectivity index is 1.61. The van der Waals surface area contributed by atoms with Crippen molar-refractivity contribution in [1.29, 1.82) is 0 Å². The monoisotopic (exact) mass is 293 g/mol. The van der Waals surface area contributed by atoms with Crippen molar-refractivity contribution in [2.24, 2.45) is 0 Å². The lowest BCUT2D eigenvalue weighted by molar-refractivity contribution is 0.320. The van der Waals surface area contributed by atoms with Crippen LogP contribution in [0, 0.1) is 5.82 Å². The second-order valence-corrected chi connectivity index (χ2v) is 5.83. The van der Waals surface area contributed by atoms with Crippen LogP contribution >= 0.6 is 11.8 Å². The Kier molecular flexibility index (Phi) is 4.32. The van der Waals surface area contributed by atoms with Crippen molar-refractivity contribution in [2.45, 2.75) is 29.4 Å². The third-order valence-corrected chi connectivity index (χ3v) is 4.37. The Morgan fingerprint density at radius 3 is 3.10 bits per heavy atom. The number of hydrogen-bond acceptors (Lipinski definition) is 5. The Labute approximate surface area is 121 Å². The van der Waals surface area contributed by atoms with Crippen molar-refractivity contribution in [2.75, 3.05) is 13.1 Å². The van der Waals surface area contributed by atoms with E-state index in [9.17, 15) is 4.39 Å². The smallest absolute Gasteiger partial charge is 0.231 e. The molecule has 1 N–H and O–H groups in total. The number of nitrogens with one attached hydrogen (secondary N) is 1. The van der Waals surface area contributed by atoms with Crippen LogP contribution in [0.5, 0.6) is 0 Å². The van der Waals surface area contributed by atoms with Crippen LogP contribution in [-0.2, 0) is 5.75 Å². The molecule has 0 bridgehead atoms. The number of hydrogen-bond donors (Lipinski definition) is 1. The van der Waals surface area contributed by atoms with Gasteiger partial charge in [-0.1, -0.05) is 17.3 Å². The van der Waals surface area contributed by atoms with Crippen LogP contribution in [0.2, 0.25) is 0 Å². The van der Waals surface area contributed by atoms with E-state index in [-0.39, 0.29) is 5.82 Å². The molecular weight excluding hydrogens is 277 g/mol. The topological polar surface area (TPSA) is 51.0 Å². The van der Waals surface area contributed by atoms with Gasteiger partial charge in [-0.3, -0.25) is 0 Å². The maximum absolute atomic E-state index is 13.5. The minimum absolute atomic E-state index is 0.210. The quantitative estimate of drug-likeness (QED) is 0.878. The number of benzene rings is 1. The van der Waals surface area contributed by atoms with Crippen molar-refractivity contribution in [1.82, 2.24) is 15.5 Å². The van der Waals surface area contributed by atoms with Gasteiger partial charge < -0.3 is 9.84 Å². The molecule has 0 amide bonds. The molecule has 3 rings (SSSR count). The van der Waals surface area contributed by atoms with Gasteiger partial charge in [-0.05, 0) is 31.5 Å². The number of nitrogens with zero attached hydrogens (tertiary/aromatic N) is 2. The normalized spacial score (nSPS) is 19.1. The zero-order valence-electron chi connectivity index (χ0n) is 11.0. The molecule has 0 radical (unpaired) electrons. The molecule has 0 spiro atoms. The molecule has 0 aliphatic carbocycles. The lowest BCUT2D eigenvalue weighted by atomic mass is 10.00. The van der Waals surface area contributed by atoms with E-state index in [0.29, 0.717) is 28.3 Å². The van der Waals surface area contributed by atoms with Crippen LogP contribution in [0.4, 0.5) is 4.39 Å². The standard InChI is InChI=1S/C14H16FN3OS/c15-11-5-1-2-6-12(11)20-9-13-17-14(19-18-13)10-4-3-7-16-8-10/h1-2,5-6,10,16H,3-4,7-9H2/t10-/m1/s1. The maximum atomic E-state index is 13.5. The van der Waals surface area contributed by atoms with E-state index in [1.165, 1.54) is 17.8 Å². The number of thioether (sulfide) groups is 1. The summed E-state index contributed by atoms with van der Waals surface area (Å²) >= 11 is 1.38. The molecule has 0 unspecified atom stereocenters. The molecule has 2 aromatic rings. The second kappa shape index (κ2) is 6.37. The summed E-state index contributed by atoms with van der Waals surface area (Å²) in [6.45, 7) is 1.95. The first-order chi connectivity index (χ1) is 9.83. The van der Waals surface area contributed by atoms with Crippen molar-refractivity contribution in [3.63, 3.8) is 0 Å². The highest BCUT2D eigenvalue weighted by Gasteiger charge is 2.21. The largest absolute Gasteiger partial charge is 0.339 e. The van der Waals surface area contributed by atoms with Gasteiger partial charge in [-0.15, -0.1) is 11.8 Å². The molecule has 2 heterocycles. The summed E-state index contributed by atoms with van der Waals surface area (Å²) in [4.78, 5) is 5.03. The van der Waals surface area contributed by atoms with Gasteiger partial charge in [0, 0.05) is 11.4 Å². The summed E-state index contributed by atoms with van der Waals surface area (Å²) in [7, 11) is 0. The van der Waals surface area contributed by atoms with E-state index in [2.05, 4.69) is 15.5 Å². The number of piperidine rings is 1. The molecule has 1 fully saturated rings. The zero-order chi connectivity index (χ0) is 13.8. The Bertz CT molecular complexity index is 569. The van der Waals surface area contributed by atoms with Gasteiger partial charge in [0.1, 0.15) is 5.82 Å². The highest BCUT2D eigenvalue weighted by atomic mass is 32.2.